The minimum absolute atomic E-state index is 0.384. The number of ether oxygens (including phenoxy) is 1. The maximum Gasteiger partial charge on any atom is 0.325 e. The van der Waals surface area contributed by atoms with Gasteiger partial charge >= 0.3 is 5.69 Å². The summed E-state index contributed by atoms with van der Waals surface area (Å²) in [6, 6.07) is 0. The number of aromatic amines is 2. The lowest BCUT2D eigenvalue weighted by molar-refractivity contribution is 0.259. The normalized spacial score (nSPS) is 10.1. The molecule has 12 heavy (non-hydrogen) atoms. The molecule has 2 N–H and O–H groups in total. The average Bonchev–Trinajstić information content (AvgIpc) is 2.03. The third-order valence-corrected chi connectivity index (χ3v) is 2.09. The Balaban J connectivity index is 2.87. The standard InChI is InChI=1S/C6H8N2O3S/c1-11-3-12-4-2-7-6(10)8-5(4)9/h2H,3H2,1H3,(H2,7,8,9,10). The highest BCUT2D eigenvalue weighted by atomic mass is 32.2. The zero-order valence-corrected chi connectivity index (χ0v) is 7.23. The Bertz CT molecular complexity index is 356. The Kier molecular flexibility index (Phi) is 3.12. The molecule has 0 aliphatic rings. The van der Waals surface area contributed by atoms with Crippen molar-refractivity contribution in [2.45, 2.75) is 4.90 Å². The summed E-state index contributed by atoms with van der Waals surface area (Å²) in [6.07, 6.45) is 1.37. The molecule has 66 valence electrons. The van der Waals surface area contributed by atoms with Crippen LogP contribution in [0.5, 0.6) is 0 Å². The molecular formula is C6H8N2O3S. The van der Waals surface area contributed by atoms with Crippen LogP contribution in [0, 0.1) is 0 Å². The fraction of sp³-hybridized carbons (Fsp3) is 0.333. The summed E-state index contributed by atoms with van der Waals surface area (Å²) in [4.78, 5) is 26.5. The van der Waals surface area contributed by atoms with Gasteiger partial charge in [-0.25, -0.2) is 4.79 Å². The van der Waals surface area contributed by atoms with Crippen LogP contribution >= 0.6 is 11.8 Å². The SMILES string of the molecule is COCSc1c[nH]c(=O)[nH]c1=O. The minimum Gasteiger partial charge on any atom is -0.374 e. The predicted molar refractivity (Wildman–Crippen MR) is 45.4 cm³/mol. The van der Waals surface area contributed by atoms with E-state index in [1.54, 1.807) is 0 Å². The lowest BCUT2D eigenvalue weighted by atomic mass is 10.7. The van der Waals surface area contributed by atoms with E-state index in [2.05, 4.69) is 9.97 Å². The number of hydrogen-bond acceptors (Lipinski definition) is 4. The van der Waals surface area contributed by atoms with E-state index in [1.807, 2.05) is 0 Å². The van der Waals surface area contributed by atoms with Crippen molar-refractivity contribution in [2.24, 2.45) is 0 Å². The molecule has 0 saturated heterocycles. The second-order valence-corrected chi connectivity index (χ2v) is 2.95. The number of hydrogen-bond donors (Lipinski definition) is 2. The molecule has 6 heteroatoms. The largest absolute Gasteiger partial charge is 0.374 e. The number of aromatic nitrogens is 2. The zero-order chi connectivity index (χ0) is 8.97. The van der Waals surface area contributed by atoms with Crippen molar-refractivity contribution < 1.29 is 4.74 Å². The van der Waals surface area contributed by atoms with Crippen LogP contribution in [0.25, 0.3) is 0 Å². The molecular weight excluding hydrogens is 180 g/mol. The highest BCUT2D eigenvalue weighted by Crippen LogP contribution is 2.09. The topological polar surface area (TPSA) is 75.0 Å². The summed E-state index contributed by atoms with van der Waals surface area (Å²) in [5.74, 6) is 0.384. The molecule has 1 aromatic rings. The predicted octanol–water partition coefficient (Wildman–Crippen LogP) is -0.241. The third-order valence-electron chi connectivity index (χ3n) is 1.12. The lowest BCUT2D eigenvalue weighted by Gasteiger charge is -1.96. The van der Waals surface area contributed by atoms with Gasteiger partial charge in [0.15, 0.2) is 0 Å². The van der Waals surface area contributed by atoms with E-state index in [0.717, 1.165) is 0 Å². The number of rotatable bonds is 3. The summed E-state index contributed by atoms with van der Waals surface area (Å²) in [6.45, 7) is 0. The van der Waals surface area contributed by atoms with Gasteiger partial charge in [-0.2, -0.15) is 0 Å². The average molecular weight is 188 g/mol. The monoisotopic (exact) mass is 188 g/mol. The Hall–Kier alpha value is -1.01. The Labute approximate surface area is 72.2 Å². The first kappa shape index (κ1) is 9.08. The summed E-state index contributed by atoms with van der Waals surface area (Å²) in [7, 11) is 1.53. The Morgan fingerprint density at radius 1 is 1.58 bits per heavy atom. The Morgan fingerprint density at radius 2 is 2.33 bits per heavy atom. The summed E-state index contributed by atoms with van der Waals surface area (Å²) in [5, 5.41) is 0. The van der Waals surface area contributed by atoms with Gasteiger partial charge in [-0.3, -0.25) is 9.78 Å². The van der Waals surface area contributed by atoms with Gasteiger partial charge in [0.2, 0.25) is 0 Å². The molecule has 1 rings (SSSR count). The molecule has 0 atom stereocenters. The van der Waals surface area contributed by atoms with Gasteiger partial charge in [0, 0.05) is 13.3 Å². The molecule has 1 heterocycles. The highest BCUT2D eigenvalue weighted by Gasteiger charge is 1.98. The molecule has 0 unspecified atom stereocenters. The van der Waals surface area contributed by atoms with Crippen molar-refractivity contribution >= 4 is 11.8 Å². The number of methoxy groups -OCH3 is 1. The minimum atomic E-state index is -0.498. The highest BCUT2D eigenvalue weighted by molar-refractivity contribution is 7.99. The van der Waals surface area contributed by atoms with E-state index in [4.69, 9.17) is 4.74 Å². The zero-order valence-electron chi connectivity index (χ0n) is 6.42. The summed E-state index contributed by atoms with van der Waals surface area (Å²) in [5.41, 5.74) is -0.887. The van der Waals surface area contributed by atoms with E-state index in [-0.39, 0.29) is 5.56 Å². The van der Waals surface area contributed by atoms with Crippen molar-refractivity contribution in [1.82, 2.24) is 9.97 Å². The molecule has 0 saturated carbocycles. The molecule has 0 fully saturated rings. The molecule has 0 aliphatic heterocycles. The first-order valence-electron chi connectivity index (χ1n) is 3.18. The van der Waals surface area contributed by atoms with E-state index in [1.165, 1.54) is 25.1 Å². The van der Waals surface area contributed by atoms with Crippen LogP contribution in [0.2, 0.25) is 0 Å². The fourth-order valence-electron chi connectivity index (χ4n) is 0.627. The molecule has 0 amide bonds. The van der Waals surface area contributed by atoms with Crippen molar-refractivity contribution in [3.05, 3.63) is 27.0 Å². The smallest absolute Gasteiger partial charge is 0.325 e. The first-order chi connectivity index (χ1) is 5.74. The first-order valence-corrected chi connectivity index (χ1v) is 4.16. The van der Waals surface area contributed by atoms with Crippen LogP contribution in [0.15, 0.2) is 20.7 Å². The van der Waals surface area contributed by atoms with Crippen LogP contribution < -0.4 is 11.2 Å². The van der Waals surface area contributed by atoms with Crippen LogP contribution in [-0.2, 0) is 4.74 Å². The Morgan fingerprint density at radius 3 is 2.92 bits per heavy atom. The van der Waals surface area contributed by atoms with Crippen LogP contribution in [-0.4, -0.2) is 23.0 Å². The van der Waals surface area contributed by atoms with Gasteiger partial charge in [-0.1, -0.05) is 11.8 Å². The van der Waals surface area contributed by atoms with Gasteiger partial charge < -0.3 is 9.72 Å². The number of H-pyrrole nitrogens is 2. The number of nitrogens with one attached hydrogen (secondary N) is 2. The third kappa shape index (κ3) is 2.24. The van der Waals surface area contributed by atoms with E-state index in [0.29, 0.717) is 10.8 Å². The maximum atomic E-state index is 11.0. The molecule has 0 bridgehead atoms. The van der Waals surface area contributed by atoms with Gasteiger partial charge in [0.05, 0.1) is 10.8 Å². The lowest BCUT2D eigenvalue weighted by Crippen LogP contribution is -2.22. The molecule has 5 nitrogen and oxygen atoms in total. The van der Waals surface area contributed by atoms with Crippen molar-refractivity contribution in [3.63, 3.8) is 0 Å². The van der Waals surface area contributed by atoms with Gasteiger partial charge in [0.25, 0.3) is 5.56 Å². The molecule has 0 radical (unpaired) electrons. The van der Waals surface area contributed by atoms with Crippen LogP contribution in [0.4, 0.5) is 0 Å². The second kappa shape index (κ2) is 4.13. The van der Waals surface area contributed by atoms with Crippen molar-refractivity contribution in [1.29, 1.82) is 0 Å². The van der Waals surface area contributed by atoms with Crippen molar-refractivity contribution in [2.75, 3.05) is 13.0 Å². The quantitative estimate of drug-likeness (QED) is 0.507. The van der Waals surface area contributed by atoms with Gasteiger partial charge in [-0.05, 0) is 0 Å². The van der Waals surface area contributed by atoms with E-state index >= 15 is 0 Å². The number of thioether (sulfide) groups is 1. The maximum absolute atomic E-state index is 11.0. The molecule has 0 aromatic carbocycles. The van der Waals surface area contributed by atoms with E-state index < -0.39 is 5.69 Å². The van der Waals surface area contributed by atoms with Crippen molar-refractivity contribution in [3.8, 4) is 0 Å². The molecule has 0 spiro atoms. The molecule has 1 aromatic heterocycles. The second-order valence-electron chi connectivity index (χ2n) is 1.99. The van der Waals surface area contributed by atoms with E-state index in [9.17, 15) is 9.59 Å². The summed E-state index contributed by atoms with van der Waals surface area (Å²) >= 11 is 1.22. The van der Waals surface area contributed by atoms with Gasteiger partial charge in [-0.15, -0.1) is 0 Å². The van der Waals surface area contributed by atoms with Crippen LogP contribution in [0.3, 0.4) is 0 Å². The summed E-state index contributed by atoms with van der Waals surface area (Å²) < 4.78 is 4.75. The van der Waals surface area contributed by atoms with Crippen LogP contribution in [0.1, 0.15) is 0 Å². The molecule has 0 aliphatic carbocycles. The van der Waals surface area contributed by atoms with Gasteiger partial charge in [0.1, 0.15) is 0 Å². The fourth-order valence-corrected chi connectivity index (χ4v) is 1.20.